The third-order valence-corrected chi connectivity index (χ3v) is 2.22. The van der Waals surface area contributed by atoms with Crippen molar-refractivity contribution in [2.45, 2.75) is 25.8 Å². The van der Waals surface area contributed by atoms with Crippen LogP contribution >= 0.6 is 0 Å². The number of nitrogens with one attached hydrogen (secondary N) is 1. The summed E-state index contributed by atoms with van der Waals surface area (Å²) in [6.45, 7) is 2.68. The molecule has 0 bridgehead atoms. The Labute approximate surface area is 111 Å². The molecule has 0 unspecified atom stereocenters. The van der Waals surface area contributed by atoms with Crippen molar-refractivity contribution >= 4 is 24.1 Å². The summed E-state index contributed by atoms with van der Waals surface area (Å²) in [7, 11) is 2.48. The monoisotopic (exact) mass is 274 g/mol. The number of ether oxygens (including phenoxy) is 2. The van der Waals surface area contributed by atoms with Gasteiger partial charge in [0, 0.05) is 13.3 Å². The number of carbonyl (C=O) groups is 3. The Kier molecular flexibility index (Phi) is 7.16. The van der Waals surface area contributed by atoms with Gasteiger partial charge in [-0.25, -0.2) is 4.79 Å². The van der Waals surface area contributed by atoms with Crippen molar-refractivity contribution in [1.82, 2.24) is 5.32 Å². The van der Waals surface area contributed by atoms with Gasteiger partial charge in [-0.15, -0.1) is 0 Å². The Morgan fingerprint density at radius 1 is 1.32 bits per heavy atom. The maximum Gasteiger partial charge on any atom is 0.331 e. The quantitative estimate of drug-likeness (QED) is 0.385. The van der Waals surface area contributed by atoms with Crippen LogP contribution in [0.1, 0.15) is 20.3 Å². The van der Waals surface area contributed by atoms with E-state index in [0.29, 0.717) is 0 Å². The summed E-state index contributed by atoms with van der Waals surface area (Å²) in [5, 5.41) is 5.69. The minimum atomic E-state index is -1.32. The second-order valence-corrected chi connectivity index (χ2v) is 3.82. The molecule has 0 radical (unpaired) electrons. The molecule has 0 heterocycles. The van der Waals surface area contributed by atoms with E-state index in [4.69, 9.17) is 4.74 Å². The van der Waals surface area contributed by atoms with E-state index in [1.54, 1.807) is 0 Å². The number of methoxy groups -OCH3 is 1. The Morgan fingerprint density at radius 3 is 2.42 bits per heavy atom. The summed E-state index contributed by atoms with van der Waals surface area (Å²) >= 11 is 0. The first-order chi connectivity index (χ1) is 8.85. The summed E-state index contributed by atoms with van der Waals surface area (Å²) < 4.78 is 9.35. The first-order valence-electron chi connectivity index (χ1n) is 5.46. The lowest BCUT2D eigenvalue weighted by Crippen LogP contribution is -2.53. The van der Waals surface area contributed by atoms with Gasteiger partial charge >= 0.3 is 11.9 Å². The second-order valence-electron chi connectivity index (χ2n) is 3.82. The molecule has 1 N–H and O–H groups in total. The van der Waals surface area contributed by atoms with Crippen LogP contribution in [0.5, 0.6) is 0 Å². The zero-order valence-corrected chi connectivity index (χ0v) is 11.4. The van der Waals surface area contributed by atoms with Crippen LogP contribution in [0.2, 0.25) is 0 Å². The topological polar surface area (TPSA) is 103 Å². The lowest BCUT2D eigenvalue weighted by atomic mass is 9.98. The summed E-state index contributed by atoms with van der Waals surface area (Å²) in [6.07, 6.45) is 0.957. The molecule has 108 valence electrons. The highest BCUT2D eigenvalue weighted by molar-refractivity contribution is 6.26. The molecular formula is C11H18N2O6. The number of hydrogen-bond acceptors (Lipinski definition) is 7. The highest BCUT2D eigenvalue weighted by atomic mass is 16.6. The number of rotatable bonds is 7. The van der Waals surface area contributed by atoms with Crippen LogP contribution in [-0.4, -0.2) is 50.4 Å². The van der Waals surface area contributed by atoms with Crippen molar-refractivity contribution in [3.63, 3.8) is 0 Å². The van der Waals surface area contributed by atoms with E-state index in [0.717, 1.165) is 6.21 Å². The van der Waals surface area contributed by atoms with E-state index in [2.05, 4.69) is 20.0 Å². The molecule has 0 aromatic rings. The van der Waals surface area contributed by atoms with Crippen molar-refractivity contribution in [3.8, 4) is 0 Å². The van der Waals surface area contributed by atoms with E-state index in [-0.39, 0.29) is 13.0 Å². The molecule has 0 saturated carbocycles. The summed E-state index contributed by atoms with van der Waals surface area (Å²) in [5.74, 6) is -1.75. The third kappa shape index (κ3) is 6.39. The van der Waals surface area contributed by atoms with Crippen LogP contribution in [0.4, 0.5) is 0 Å². The summed E-state index contributed by atoms with van der Waals surface area (Å²) in [5.41, 5.74) is -1.32. The third-order valence-electron chi connectivity index (χ3n) is 2.22. The second kappa shape index (κ2) is 8.06. The predicted octanol–water partition coefficient (Wildman–Crippen LogP) is -0.380. The van der Waals surface area contributed by atoms with Gasteiger partial charge in [-0.1, -0.05) is 5.16 Å². The first kappa shape index (κ1) is 16.9. The highest BCUT2D eigenvalue weighted by Crippen LogP contribution is 2.12. The van der Waals surface area contributed by atoms with Gasteiger partial charge in [0.2, 0.25) is 0 Å². The van der Waals surface area contributed by atoms with E-state index < -0.39 is 23.4 Å². The van der Waals surface area contributed by atoms with Crippen molar-refractivity contribution in [3.05, 3.63) is 0 Å². The molecule has 0 fully saturated rings. The van der Waals surface area contributed by atoms with E-state index >= 15 is 0 Å². The number of hydrogen-bond donors (Lipinski definition) is 1. The lowest BCUT2D eigenvalue weighted by molar-refractivity contribution is -0.152. The average molecular weight is 274 g/mol. The van der Waals surface area contributed by atoms with Gasteiger partial charge in [-0.2, -0.15) is 0 Å². The van der Waals surface area contributed by atoms with Crippen LogP contribution < -0.4 is 5.32 Å². The maximum absolute atomic E-state index is 11.7. The zero-order valence-electron chi connectivity index (χ0n) is 11.4. The van der Waals surface area contributed by atoms with Crippen molar-refractivity contribution in [1.29, 1.82) is 0 Å². The van der Waals surface area contributed by atoms with Gasteiger partial charge < -0.3 is 19.6 Å². The number of nitrogens with zero attached hydrogens (tertiary/aromatic N) is 1. The molecule has 0 spiro atoms. The Hall–Kier alpha value is -2.12. The number of esters is 2. The normalized spacial score (nSPS) is 13.5. The lowest BCUT2D eigenvalue weighted by Gasteiger charge is -2.26. The molecular weight excluding hydrogens is 256 g/mol. The molecule has 1 atom stereocenters. The van der Waals surface area contributed by atoms with E-state index in [9.17, 15) is 14.4 Å². The number of amides is 1. The standard InChI is InChI=1S/C11H18N2O6/c1-8(14)19-6-5-11(2,10(16)17-3)13-9(15)7-12-18-4/h7H,5-6H2,1-4H3,(H,13,15)/b12-7+/t11-/m0/s1. The van der Waals surface area contributed by atoms with Gasteiger partial charge in [0.15, 0.2) is 0 Å². The van der Waals surface area contributed by atoms with E-state index in [1.165, 1.54) is 28.1 Å². The fourth-order valence-electron chi connectivity index (χ4n) is 1.24. The van der Waals surface area contributed by atoms with Gasteiger partial charge in [0.05, 0.1) is 13.7 Å². The summed E-state index contributed by atoms with van der Waals surface area (Å²) in [4.78, 5) is 38.2. The summed E-state index contributed by atoms with van der Waals surface area (Å²) in [6, 6.07) is 0. The van der Waals surface area contributed by atoms with Crippen LogP contribution in [0, 0.1) is 0 Å². The minimum absolute atomic E-state index is 0.0252. The Balaban J connectivity index is 4.68. The molecule has 0 saturated heterocycles. The molecule has 8 heteroatoms. The van der Waals surface area contributed by atoms with Gasteiger partial charge in [-0.05, 0) is 6.92 Å². The largest absolute Gasteiger partial charge is 0.467 e. The zero-order chi connectivity index (χ0) is 14.9. The molecule has 8 nitrogen and oxygen atoms in total. The van der Waals surface area contributed by atoms with Crippen molar-refractivity contribution in [2.24, 2.45) is 5.16 Å². The minimum Gasteiger partial charge on any atom is -0.467 e. The van der Waals surface area contributed by atoms with Crippen LogP contribution in [0.15, 0.2) is 5.16 Å². The molecule has 0 aliphatic rings. The van der Waals surface area contributed by atoms with Crippen LogP contribution in [0.3, 0.4) is 0 Å². The predicted molar refractivity (Wildman–Crippen MR) is 65.3 cm³/mol. The molecule has 0 aromatic carbocycles. The van der Waals surface area contributed by atoms with Gasteiger partial charge in [0.25, 0.3) is 5.91 Å². The van der Waals surface area contributed by atoms with Crippen LogP contribution in [-0.2, 0) is 28.7 Å². The molecule has 0 rings (SSSR count). The Morgan fingerprint density at radius 2 is 1.95 bits per heavy atom. The molecule has 19 heavy (non-hydrogen) atoms. The van der Waals surface area contributed by atoms with Gasteiger partial charge in [-0.3, -0.25) is 9.59 Å². The molecule has 1 amide bonds. The molecule has 0 aliphatic carbocycles. The SMILES string of the molecule is CO/N=C/C(=O)N[C@@](C)(CCOC(C)=O)C(=O)OC. The molecule has 0 aromatic heterocycles. The molecule has 0 aliphatic heterocycles. The number of carbonyl (C=O) groups excluding carboxylic acids is 3. The fraction of sp³-hybridized carbons (Fsp3) is 0.636. The van der Waals surface area contributed by atoms with Crippen LogP contribution in [0.25, 0.3) is 0 Å². The van der Waals surface area contributed by atoms with Gasteiger partial charge in [0.1, 0.15) is 18.9 Å². The van der Waals surface area contributed by atoms with E-state index in [1.807, 2.05) is 0 Å². The average Bonchev–Trinajstić information content (AvgIpc) is 2.34. The maximum atomic E-state index is 11.7. The first-order valence-corrected chi connectivity index (χ1v) is 5.46. The number of oxime groups is 1. The Bertz CT molecular complexity index is 368. The van der Waals surface area contributed by atoms with Crippen molar-refractivity contribution in [2.75, 3.05) is 20.8 Å². The highest BCUT2D eigenvalue weighted by Gasteiger charge is 2.35. The smallest absolute Gasteiger partial charge is 0.331 e. The fourth-order valence-corrected chi connectivity index (χ4v) is 1.24. The van der Waals surface area contributed by atoms with Crippen molar-refractivity contribution < 1.29 is 28.7 Å².